The standard InChI is InChI=1S/C15H30O2/c1-13-9-10-15(16)14(2)8-6-4-3-5-7-11-17-12-13/h13-16H,3-12H2,1-2H3/t13?,14-,15-/m0/s1. The minimum absolute atomic E-state index is 0.111. The minimum Gasteiger partial charge on any atom is -0.393 e. The van der Waals surface area contributed by atoms with Crippen molar-refractivity contribution >= 4 is 0 Å². The fourth-order valence-corrected chi connectivity index (χ4v) is 2.50. The molecule has 2 nitrogen and oxygen atoms in total. The van der Waals surface area contributed by atoms with Gasteiger partial charge in [-0.15, -0.1) is 0 Å². The van der Waals surface area contributed by atoms with Gasteiger partial charge in [-0.1, -0.05) is 39.5 Å². The summed E-state index contributed by atoms with van der Waals surface area (Å²) in [5, 5.41) is 10.1. The predicted octanol–water partition coefficient (Wildman–Crippen LogP) is 3.77. The van der Waals surface area contributed by atoms with Gasteiger partial charge in [0.25, 0.3) is 0 Å². The average molecular weight is 242 g/mol. The molecule has 3 atom stereocenters. The van der Waals surface area contributed by atoms with Gasteiger partial charge in [0.1, 0.15) is 0 Å². The van der Waals surface area contributed by atoms with E-state index in [1.807, 2.05) is 0 Å². The summed E-state index contributed by atoms with van der Waals surface area (Å²) in [6.07, 6.45) is 9.52. The van der Waals surface area contributed by atoms with Gasteiger partial charge in [-0.3, -0.25) is 0 Å². The first-order chi connectivity index (χ1) is 8.20. The Hall–Kier alpha value is -0.0800. The molecule has 0 aromatic rings. The largest absolute Gasteiger partial charge is 0.393 e. The molecule has 1 aliphatic rings. The molecule has 1 saturated heterocycles. The van der Waals surface area contributed by atoms with E-state index in [1.165, 1.54) is 38.5 Å². The molecule has 1 rings (SSSR count). The molecule has 0 aromatic heterocycles. The molecule has 1 N–H and O–H groups in total. The second-order valence-corrected chi connectivity index (χ2v) is 5.86. The van der Waals surface area contributed by atoms with Crippen molar-refractivity contribution in [2.75, 3.05) is 13.2 Å². The van der Waals surface area contributed by atoms with Crippen molar-refractivity contribution in [2.45, 2.75) is 71.3 Å². The van der Waals surface area contributed by atoms with E-state index in [1.54, 1.807) is 0 Å². The first-order valence-electron chi connectivity index (χ1n) is 7.46. The zero-order valence-corrected chi connectivity index (χ0v) is 11.7. The number of aliphatic hydroxyl groups is 1. The predicted molar refractivity (Wildman–Crippen MR) is 72.1 cm³/mol. The van der Waals surface area contributed by atoms with Crippen molar-refractivity contribution < 1.29 is 9.84 Å². The van der Waals surface area contributed by atoms with Gasteiger partial charge in [-0.25, -0.2) is 0 Å². The van der Waals surface area contributed by atoms with Crippen LogP contribution >= 0.6 is 0 Å². The number of hydrogen-bond acceptors (Lipinski definition) is 2. The van der Waals surface area contributed by atoms with Crippen LogP contribution in [0, 0.1) is 11.8 Å². The molecule has 1 unspecified atom stereocenters. The topological polar surface area (TPSA) is 29.5 Å². The van der Waals surface area contributed by atoms with Crippen LogP contribution in [0.25, 0.3) is 0 Å². The summed E-state index contributed by atoms with van der Waals surface area (Å²) in [7, 11) is 0. The van der Waals surface area contributed by atoms with Crippen molar-refractivity contribution in [3.63, 3.8) is 0 Å². The highest BCUT2D eigenvalue weighted by Crippen LogP contribution is 2.20. The lowest BCUT2D eigenvalue weighted by atomic mass is 9.92. The van der Waals surface area contributed by atoms with Crippen LogP contribution in [-0.4, -0.2) is 24.4 Å². The van der Waals surface area contributed by atoms with E-state index < -0.39 is 0 Å². The maximum Gasteiger partial charge on any atom is 0.0565 e. The number of ether oxygens (including phenoxy) is 1. The van der Waals surface area contributed by atoms with Gasteiger partial charge in [0.05, 0.1) is 6.10 Å². The molecular formula is C15H30O2. The molecule has 0 spiro atoms. The summed E-state index contributed by atoms with van der Waals surface area (Å²) in [5.41, 5.74) is 0. The van der Waals surface area contributed by atoms with Gasteiger partial charge in [0, 0.05) is 13.2 Å². The molecule has 1 aliphatic heterocycles. The van der Waals surface area contributed by atoms with Crippen LogP contribution in [-0.2, 0) is 4.74 Å². The van der Waals surface area contributed by atoms with Crippen molar-refractivity contribution in [3.8, 4) is 0 Å². The third kappa shape index (κ3) is 7.05. The zero-order chi connectivity index (χ0) is 12.5. The highest BCUT2D eigenvalue weighted by Gasteiger charge is 2.15. The third-order valence-corrected chi connectivity index (χ3v) is 3.96. The van der Waals surface area contributed by atoms with Gasteiger partial charge < -0.3 is 9.84 Å². The summed E-state index contributed by atoms with van der Waals surface area (Å²) < 4.78 is 5.67. The Morgan fingerprint density at radius 2 is 1.59 bits per heavy atom. The monoisotopic (exact) mass is 242 g/mol. The Morgan fingerprint density at radius 3 is 2.41 bits per heavy atom. The van der Waals surface area contributed by atoms with Crippen LogP contribution in [0.4, 0.5) is 0 Å². The highest BCUT2D eigenvalue weighted by molar-refractivity contribution is 4.67. The Morgan fingerprint density at radius 1 is 0.882 bits per heavy atom. The van der Waals surface area contributed by atoms with E-state index in [0.29, 0.717) is 11.8 Å². The molecule has 0 radical (unpaired) electrons. The van der Waals surface area contributed by atoms with Crippen LogP contribution in [0.1, 0.15) is 65.2 Å². The first-order valence-corrected chi connectivity index (χ1v) is 7.46. The molecular weight excluding hydrogens is 212 g/mol. The van der Waals surface area contributed by atoms with Gasteiger partial charge in [-0.05, 0) is 37.5 Å². The average Bonchev–Trinajstić information content (AvgIpc) is 2.32. The fourth-order valence-electron chi connectivity index (χ4n) is 2.50. The zero-order valence-electron chi connectivity index (χ0n) is 11.7. The van der Waals surface area contributed by atoms with Gasteiger partial charge in [-0.2, -0.15) is 0 Å². The Bertz CT molecular complexity index is 182. The van der Waals surface area contributed by atoms with E-state index in [9.17, 15) is 5.11 Å². The normalized spacial score (nSPS) is 35.1. The molecule has 0 bridgehead atoms. The quantitative estimate of drug-likeness (QED) is 0.700. The van der Waals surface area contributed by atoms with Crippen molar-refractivity contribution in [1.29, 1.82) is 0 Å². The lowest BCUT2D eigenvalue weighted by Gasteiger charge is -2.21. The van der Waals surface area contributed by atoms with E-state index >= 15 is 0 Å². The second-order valence-electron chi connectivity index (χ2n) is 5.86. The highest BCUT2D eigenvalue weighted by atomic mass is 16.5. The van der Waals surface area contributed by atoms with Gasteiger partial charge in [0.2, 0.25) is 0 Å². The Labute approximate surface area is 107 Å². The SMILES string of the molecule is CC1CC[C@H](O)[C@@H](C)CCCCCCCOC1. The van der Waals surface area contributed by atoms with Crippen LogP contribution in [0.15, 0.2) is 0 Å². The number of hydrogen-bond donors (Lipinski definition) is 1. The van der Waals surface area contributed by atoms with E-state index in [2.05, 4.69) is 13.8 Å². The molecule has 1 heterocycles. The molecule has 2 heteroatoms. The Balaban J connectivity index is 2.31. The molecule has 102 valence electrons. The summed E-state index contributed by atoms with van der Waals surface area (Å²) in [5.74, 6) is 1.05. The first kappa shape index (κ1) is 15.0. The van der Waals surface area contributed by atoms with Crippen molar-refractivity contribution in [2.24, 2.45) is 11.8 Å². The van der Waals surface area contributed by atoms with Crippen molar-refractivity contribution in [3.05, 3.63) is 0 Å². The van der Waals surface area contributed by atoms with Crippen LogP contribution in [0.3, 0.4) is 0 Å². The van der Waals surface area contributed by atoms with Crippen LogP contribution in [0.2, 0.25) is 0 Å². The molecule has 0 amide bonds. The third-order valence-electron chi connectivity index (χ3n) is 3.96. The summed E-state index contributed by atoms with van der Waals surface area (Å²) in [6.45, 7) is 6.20. The molecule has 0 saturated carbocycles. The summed E-state index contributed by atoms with van der Waals surface area (Å²) >= 11 is 0. The van der Waals surface area contributed by atoms with Gasteiger partial charge in [0.15, 0.2) is 0 Å². The Kier molecular flexibility index (Phi) is 7.87. The number of rotatable bonds is 0. The molecule has 17 heavy (non-hydrogen) atoms. The lowest BCUT2D eigenvalue weighted by molar-refractivity contribution is 0.0700. The maximum absolute atomic E-state index is 10.1. The summed E-state index contributed by atoms with van der Waals surface area (Å²) in [4.78, 5) is 0. The minimum atomic E-state index is -0.111. The summed E-state index contributed by atoms with van der Waals surface area (Å²) in [6, 6.07) is 0. The van der Waals surface area contributed by atoms with Crippen LogP contribution in [0.5, 0.6) is 0 Å². The molecule has 1 fully saturated rings. The number of aliphatic hydroxyl groups excluding tert-OH is 1. The van der Waals surface area contributed by atoms with E-state index in [4.69, 9.17) is 4.74 Å². The van der Waals surface area contributed by atoms with E-state index in [0.717, 1.165) is 26.1 Å². The second kappa shape index (κ2) is 8.93. The smallest absolute Gasteiger partial charge is 0.0565 e. The van der Waals surface area contributed by atoms with Crippen molar-refractivity contribution in [1.82, 2.24) is 0 Å². The fraction of sp³-hybridized carbons (Fsp3) is 1.00. The maximum atomic E-state index is 10.1. The van der Waals surface area contributed by atoms with Gasteiger partial charge >= 0.3 is 0 Å². The van der Waals surface area contributed by atoms with Crippen LogP contribution < -0.4 is 0 Å². The van der Waals surface area contributed by atoms with E-state index in [-0.39, 0.29) is 6.10 Å². The molecule has 0 aromatic carbocycles. The molecule has 0 aliphatic carbocycles. The lowest BCUT2D eigenvalue weighted by Crippen LogP contribution is -2.19.